The van der Waals surface area contributed by atoms with Gasteiger partial charge in [0.25, 0.3) is 0 Å². The van der Waals surface area contributed by atoms with Crippen molar-refractivity contribution in [2.24, 2.45) is 5.10 Å². The fraction of sp³-hybridized carbons (Fsp3) is 0.273. The van der Waals surface area contributed by atoms with Gasteiger partial charge in [0.15, 0.2) is 11.5 Å². The highest BCUT2D eigenvalue weighted by Gasteiger charge is 2.07. The Hall–Kier alpha value is -3.26. The van der Waals surface area contributed by atoms with Crippen LogP contribution in [0, 0.1) is 26.2 Å². The van der Waals surface area contributed by atoms with Gasteiger partial charge in [-0.15, -0.1) is 6.42 Å². The molecule has 1 N–H and O–H groups in total. The Labute approximate surface area is 160 Å². The third-order valence-electron chi connectivity index (χ3n) is 3.83. The van der Waals surface area contributed by atoms with Crippen molar-refractivity contribution in [3.8, 4) is 23.8 Å². The molecule has 140 valence electrons. The van der Waals surface area contributed by atoms with Gasteiger partial charge in [0.2, 0.25) is 5.91 Å². The lowest BCUT2D eigenvalue weighted by Gasteiger charge is -2.10. The second-order valence-corrected chi connectivity index (χ2v) is 6.03. The summed E-state index contributed by atoms with van der Waals surface area (Å²) in [7, 11) is 0. The minimum atomic E-state index is -0.169. The van der Waals surface area contributed by atoms with Crippen molar-refractivity contribution in [1.82, 2.24) is 5.43 Å². The predicted molar refractivity (Wildman–Crippen MR) is 107 cm³/mol. The summed E-state index contributed by atoms with van der Waals surface area (Å²) >= 11 is 0. The first-order valence-electron chi connectivity index (χ1n) is 8.74. The molecule has 0 saturated carbocycles. The summed E-state index contributed by atoms with van der Waals surface area (Å²) in [5.74, 6) is 3.41. The Kier molecular flexibility index (Phi) is 7.45. The maximum atomic E-state index is 12.1. The van der Waals surface area contributed by atoms with Crippen molar-refractivity contribution in [3.05, 3.63) is 58.7 Å². The van der Waals surface area contributed by atoms with Crippen LogP contribution in [0.4, 0.5) is 0 Å². The molecule has 0 aliphatic rings. The normalized spacial score (nSPS) is 10.4. The summed E-state index contributed by atoms with van der Waals surface area (Å²) in [5, 5.41) is 4.02. The molecular formula is C22H24N2O3. The van der Waals surface area contributed by atoms with E-state index in [-0.39, 0.29) is 18.9 Å². The summed E-state index contributed by atoms with van der Waals surface area (Å²) in [6.45, 7) is 6.58. The van der Waals surface area contributed by atoms with Crippen molar-refractivity contribution in [3.63, 3.8) is 0 Å². The molecule has 27 heavy (non-hydrogen) atoms. The molecule has 0 saturated heterocycles. The van der Waals surface area contributed by atoms with Crippen LogP contribution in [0.1, 0.15) is 29.2 Å². The minimum Gasteiger partial charge on any atom is -0.490 e. The van der Waals surface area contributed by atoms with E-state index in [1.54, 1.807) is 18.3 Å². The maximum absolute atomic E-state index is 12.1. The number of nitrogens with zero attached hydrogens (tertiary/aromatic N) is 1. The Balaban J connectivity index is 1.99. The standard InChI is InChI=1S/C22H24N2O3/c1-5-11-27-20-10-8-18(13-21(20)26-6-2)15-23-24-22(25)14-19-9-7-16(3)12-17(19)4/h1,7-10,12-13,15H,6,11,14H2,2-4H3,(H,24,25)/b23-15-. The fourth-order valence-corrected chi connectivity index (χ4v) is 2.55. The van der Waals surface area contributed by atoms with Crippen LogP contribution < -0.4 is 14.9 Å². The highest BCUT2D eigenvalue weighted by Crippen LogP contribution is 2.27. The molecule has 0 heterocycles. The van der Waals surface area contributed by atoms with E-state index in [0.717, 1.165) is 16.7 Å². The predicted octanol–water partition coefficient (Wildman–Crippen LogP) is 3.41. The molecule has 5 heteroatoms. The number of carbonyl (C=O) groups is 1. The van der Waals surface area contributed by atoms with Crippen LogP contribution in [-0.2, 0) is 11.2 Å². The second kappa shape index (κ2) is 10.0. The Morgan fingerprint density at radius 2 is 2.00 bits per heavy atom. The quantitative estimate of drug-likeness (QED) is 0.444. The summed E-state index contributed by atoms with van der Waals surface area (Å²) in [6.07, 6.45) is 7.07. The smallest absolute Gasteiger partial charge is 0.244 e. The van der Waals surface area contributed by atoms with Gasteiger partial charge in [0.1, 0.15) is 6.61 Å². The van der Waals surface area contributed by atoms with Crippen molar-refractivity contribution < 1.29 is 14.3 Å². The first-order valence-corrected chi connectivity index (χ1v) is 8.74. The topological polar surface area (TPSA) is 59.9 Å². The van der Waals surface area contributed by atoms with E-state index < -0.39 is 0 Å². The van der Waals surface area contributed by atoms with Crippen molar-refractivity contribution in [2.45, 2.75) is 27.2 Å². The SMILES string of the molecule is C#CCOc1ccc(/C=N\NC(=O)Cc2ccc(C)cc2C)cc1OCC. The van der Waals surface area contributed by atoms with Crippen LogP contribution in [0.5, 0.6) is 11.5 Å². The van der Waals surface area contributed by atoms with Gasteiger partial charge in [0.05, 0.1) is 19.2 Å². The maximum Gasteiger partial charge on any atom is 0.244 e. The molecule has 0 unspecified atom stereocenters. The van der Waals surface area contributed by atoms with E-state index in [4.69, 9.17) is 15.9 Å². The number of hydrazone groups is 1. The molecule has 2 aromatic rings. The largest absolute Gasteiger partial charge is 0.490 e. The molecule has 0 bridgehead atoms. The van der Waals surface area contributed by atoms with E-state index in [0.29, 0.717) is 18.1 Å². The van der Waals surface area contributed by atoms with Crippen LogP contribution in [-0.4, -0.2) is 25.3 Å². The third kappa shape index (κ3) is 6.19. The first kappa shape index (κ1) is 20.1. The van der Waals surface area contributed by atoms with Crippen molar-refractivity contribution in [2.75, 3.05) is 13.2 Å². The molecule has 2 rings (SSSR count). The third-order valence-corrected chi connectivity index (χ3v) is 3.83. The number of carbonyl (C=O) groups excluding carboxylic acids is 1. The molecule has 0 spiro atoms. The summed E-state index contributed by atoms with van der Waals surface area (Å²) in [6, 6.07) is 11.4. The average Bonchev–Trinajstić information content (AvgIpc) is 2.64. The molecule has 0 fully saturated rings. The van der Waals surface area contributed by atoms with E-state index in [9.17, 15) is 4.79 Å². The number of nitrogens with one attached hydrogen (secondary N) is 1. The summed E-state index contributed by atoms with van der Waals surface area (Å²) in [5.41, 5.74) is 6.59. The van der Waals surface area contributed by atoms with Gasteiger partial charge in [0, 0.05) is 0 Å². The molecular weight excluding hydrogens is 340 g/mol. The van der Waals surface area contributed by atoms with Crippen LogP contribution in [0.3, 0.4) is 0 Å². The lowest BCUT2D eigenvalue weighted by Crippen LogP contribution is -2.20. The minimum absolute atomic E-state index is 0.169. The molecule has 1 amide bonds. The van der Waals surface area contributed by atoms with E-state index in [2.05, 4.69) is 22.5 Å². The highest BCUT2D eigenvalue weighted by atomic mass is 16.5. The Morgan fingerprint density at radius 3 is 2.70 bits per heavy atom. The molecule has 5 nitrogen and oxygen atoms in total. The first-order chi connectivity index (χ1) is 13.0. The van der Waals surface area contributed by atoms with E-state index in [1.165, 1.54) is 5.56 Å². The number of terminal acetylenes is 1. The number of aryl methyl sites for hydroxylation is 2. The molecule has 2 aromatic carbocycles. The molecule has 0 aromatic heterocycles. The number of hydrogen-bond acceptors (Lipinski definition) is 4. The Bertz CT molecular complexity index is 866. The van der Waals surface area contributed by atoms with Crippen LogP contribution in [0.15, 0.2) is 41.5 Å². The Morgan fingerprint density at radius 1 is 1.19 bits per heavy atom. The molecule has 0 radical (unpaired) electrons. The van der Waals surface area contributed by atoms with Gasteiger partial charge < -0.3 is 9.47 Å². The van der Waals surface area contributed by atoms with Gasteiger partial charge in [-0.2, -0.15) is 5.10 Å². The van der Waals surface area contributed by atoms with Gasteiger partial charge in [-0.05, 0) is 55.7 Å². The number of ether oxygens (including phenoxy) is 2. The van der Waals surface area contributed by atoms with Crippen LogP contribution in [0.25, 0.3) is 0 Å². The fourth-order valence-electron chi connectivity index (χ4n) is 2.55. The van der Waals surface area contributed by atoms with E-state index >= 15 is 0 Å². The van der Waals surface area contributed by atoms with Crippen LogP contribution >= 0.6 is 0 Å². The number of benzene rings is 2. The monoisotopic (exact) mass is 364 g/mol. The number of amides is 1. The second-order valence-electron chi connectivity index (χ2n) is 6.03. The summed E-state index contributed by atoms with van der Waals surface area (Å²) in [4.78, 5) is 12.1. The number of hydrogen-bond donors (Lipinski definition) is 1. The van der Waals surface area contributed by atoms with Gasteiger partial charge in [-0.25, -0.2) is 5.43 Å². The average molecular weight is 364 g/mol. The molecule has 0 atom stereocenters. The molecule has 0 aliphatic carbocycles. The molecule has 0 aliphatic heterocycles. The zero-order valence-corrected chi connectivity index (χ0v) is 15.9. The van der Waals surface area contributed by atoms with Crippen LogP contribution in [0.2, 0.25) is 0 Å². The van der Waals surface area contributed by atoms with Crippen molar-refractivity contribution >= 4 is 12.1 Å². The zero-order chi connectivity index (χ0) is 19.6. The van der Waals surface area contributed by atoms with Crippen molar-refractivity contribution in [1.29, 1.82) is 0 Å². The summed E-state index contributed by atoms with van der Waals surface area (Å²) < 4.78 is 11.0. The van der Waals surface area contributed by atoms with E-state index in [1.807, 2.05) is 39.0 Å². The highest BCUT2D eigenvalue weighted by molar-refractivity contribution is 5.84. The van der Waals surface area contributed by atoms with Gasteiger partial charge >= 0.3 is 0 Å². The number of rotatable bonds is 8. The van der Waals surface area contributed by atoms with Gasteiger partial charge in [-0.1, -0.05) is 29.7 Å². The zero-order valence-electron chi connectivity index (χ0n) is 15.9. The lowest BCUT2D eigenvalue weighted by atomic mass is 10.0. The lowest BCUT2D eigenvalue weighted by molar-refractivity contribution is -0.120. The van der Waals surface area contributed by atoms with Gasteiger partial charge in [-0.3, -0.25) is 4.79 Å².